The number of allylic oxidation sites excluding steroid dienone is 2. The van der Waals surface area contributed by atoms with Gasteiger partial charge >= 0.3 is 5.97 Å². The highest BCUT2D eigenvalue weighted by Crippen LogP contribution is 2.40. The highest BCUT2D eigenvalue weighted by molar-refractivity contribution is 6.74. The predicted molar refractivity (Wildman–Crippen MR) is 90.2 cm³/mol. The van der Waals surface area contributed by atoms with E-state index in [0.29, 0.717) is 6.42 Å². The minimum atomic E-state index is -2.03. The van der Waals surface area contributed by atoms with Crippen LogP contribution in [0.25, 0.3) is 0 Å². The third kappa shape index (κ3) is 3.87. The quantitative estimate of drug-likeness (QED) is 0.437. The summed E-state index contributed by atoms with van der Waals surface area (Å²) >= 11 is 0. The standard InChI is InChI=1S/C17H30O4Si/c1-8-20-15(19)17(10-9-13(2)11-14(17)18)12-21-22(6,7)16(3,4)5/h11H,8-10,12H2,1-7H3/t17-/m0/s1. The molecule has 0 unspecified atom stereocenters. The SMILES string of the molecule is CCOC(=O)[C@]1(CO[Si](C)(C)C(C)(C)C)CCC(C)=CC1=O. The molecule has 0 N–H and O–H groups in total. The fraction of sp³-hybridized carbons (Fsp3) is 0.765. The second-order valence-corrected chi connectivity index (χ2v) is 12.5. The molecule has 126 valence electrons. The van der Waals surface area contributed by atoms with Gasteiger partial charge in [-0.05, 0) is 50.9 Å². The summed E-state index contributed by atoms with van der Waals surface area (Å²) in [4.78, 5) is 25.0. The van der Waals surface area contributed by atoms with E-state index in [4.69, 9.17) is 9.16 Å². The molecule has 0 saturated carbocycles. The molecule has 0 fully saturated rings. The second kappa shape index (κ2) is 6.67. The van der Waals surface area contributed by atoms with Crippen LogP contribution in [0, 0.1) is 5.41 Å². The van der Waals surface area contributed by atoms with Gasteiger partial charge in [0.05, 0.1) is 13.2 Å². The van der Waals surface area contributed by atoms with Crippen LogP contribution in [0.2, 0.25) is 18.1 Å². The van der Waals surface area contributed by atoms with Gasteiger partial charge in [0.2, 0.25) is 0 Å². The van der Waals surface area contributed by atoms with Gasteiger partial charge in [-0.15, -0.1) is 0 Å². The number of hydrogen-bond acceptors (Lipinski definition) is 4. The first-order chi connectivity index (χ1) is 9.96. The highest BCUT2D eigenvalue weighted by Gasteiger charge is 2.50. The Morgan fingerprint density at radius 2 is 1.95 bits per heavy atom. The molecule has 0 amide bonds. The number of carbonyl (C=O) groups excluding carboxylic acids is 2. The summed E-state index contributed by atoms with van der Waals surface area (Å²) in [5.41, 5.74) is -0.150. The molecule has 1 aliphatic rings. The fourth-order valence-corrected chi connectivity index (χ4v) is 3.20. The molecule has 22 heavy (non-hydrogen) atoms. The molecule has 0 aromatic rings. The van der Waals surface area contributed by atoms with Crippen molar-refractivity contribution in [1.82, 2.24) is 0 Å². The Bertz CT molecular complexity index is 474. The predicted octanol–water partition coefficient (Wildman–Crippen LogP) is 3.87. The molecule has 0 bridgehead atoms. The van der Waals surface area contributed by atoms with Crippen LogP contribution >= 0.6 is 0 Å². The molecule has 0 saturated heterocycles. The lowest BCUT2D eigenvalue weighted by molar-refractivity contribution is -0.162. The van der Waals surface area contributed by atoms with Crippen LogP contribution in [0.15, 0.2) is 11.6 Å². The summed E-state index contributed by atoms with van der Waals surface area (Å²) < 4.78 is 11.4. The number of esters is 1. The van der Waals surface area contributed by atoms with E-state index in [1.54, 1.807) is 13.0 Å². The molecule has 1 rings (SSSR count). The van der Waals surface area contributed by atoms with Crippen molar-refractivity contribution in [3.63, 3.8) is 0 Å². The zero-order chi connectivity index (χ0) is 17.2. The Morgan fingerprint density at radius 3 is 2.41 bits per heavy atom. The number of carbonyl (C=O) groups is 2. The molecule has 5 heteroatoms. The van der Waals surface area contributed by atoms with Crippen molar-refractivity contribution in [2.45, 2.75) is 65.6 Å². The first-order valence-corrected chi connectivity index (χ1v) is 10.9. The maximum atomic E-state index is 12.6. The lowest BCUT2D eigenvalue weighted by Gasteiger charge is -2.40. The third-order valence-corrected chi connectivity index (χ3v) is 9.43. The summed E-state index contributed by atoms with van der Waals surface area (Å²) in [5, 5.41) is 0.0340. The van der Waals surface area contributed by atoms with E-state index in [1.165, 1.54) is 0 Å². The van der Waals surface area contributed by atoms with E-state index >= 15 is 0 Å². The largest absolute Gasteiger partial charge is 0.465 e. The monoisotopic (exact) mass is 326 g/mol. The fourth-order valence-electron chi connectivity index (χ4n) is 2.16. The highest BCUT2D eigenvalue weighted by atomic mass is 28.4. The summed E-state index contributed by atoms with van der Waals surface area (Å²) in [6.07, 6.45) is 2.78. The average Bonchev–Trinajstić information content (AvgIpc) is 2.37. The van der Waals surface area contributed by atoms with Crippen molar-refractivity contribution in [3.8, 4) is 0 Å². The lowest BCUT2D eigenvalue weighted by atomic mass is 9.74. The van der Waals surface area contributed by atoms with E-state index < -0.39 is 19.7 Å². The van der Waals surface area contributed by atoms with Crippen LogP contribution in [0.3, 0.4) is 0 Å². The number of ketones is 1. The summed E-state index contributed by atoms with van der Waals surface area (Å²) in [5.74, 6) is -0.615. The summed E-state index contributed by atoms with van der Waals surface area (Å²) in [7, 11) is -2.03. The molecule has 0 radical (unpaired) electrons. The maximum absolute atomic E-state index is 12.6. The van der Waals surface area contributed by atoms with Crippen molar-refractivity contribution in [2.24, 2.45) is 5.41 Å². The zero-order valence-corrected chi connectivity index (χ0v) is 16.0. The third-order valence-electron chi connectivity index (χ3n) is 4.95. The molecule has 0 aliphatic heterocycles. The minimum absolute atomic E-state index is 0.0340. The van der Waals surface area contributed by atoms with Gasteiger partial charge in [-0.25, -0.2) is 0 Å². The maximum Gasteiger partial charge on any atom is 0.322 e. The van der Waals surface area contributed by atoms with Crippen LogP contribution < -0.4 is 0 Å². The Kier molecular flexibility index (Phi) is 5.79. The van der Waals surface area contributed by atoms with Crippen LogP contribution in [-0.4, -0.2) is 33.3 Å². The lowest BCUT2D eigenvalue weighted by Crippen LogP contribution is -2.50. The first-order valence-electron chi connectivity index (χ1n) is 7.99. The van der Waals surface area contributed by atoms with Crippen LogP contribution in [0.5, 0.6) is 0 Å². The second-order valence-electron chi connectivity index (χ2n) is 7.71. The Morgan fingerprint density at radius 1 is 1.36 bits per heavy atom. The van der Waals surface area contributed by atoms with Crippen molar-refractivity contribution in [1.29, 1.82) is 0 Å². The van der Waals surface area contributed by atoms with Crippen molar-refractivity contribution in [3.05, 3.63) is 11.6 Å². The van der Waals surface area contributed by atoms with Crippen LogP contribution in [0.1, 0.15) is 47.5 Å². The molecule has 1 aliphatic carbocycles. The van der Waals surface area contributed by atoms with Crippen molar-refractivity contribution in [2.75, 3.05) is 13.2 Å². The topological polar surface area (TPSA) is 52.6 Å². The molecule has 1 atom stereocenters. The summed E-state index contributed by atoms with van der Waals surface area (Å²) in [6, 6.07) is 0. The first kappa shape index (κ1) is 19.1. The van der Waals surface area contributed by atoms with E-state index in [1.807, 2.05) is 6.92 Å². The van der Waals surface area contributed by atoms with E-state index in [2.05, 4.69) is 33.9 Å². The van der Waals surface area contributed by atoms with Crippen molar-refractivity contribution >= 4 is 20.1 Å². The van der Waals surface area contributed by atoms with Gasteiger partial charge in [0.15, 0.2) is 19.5 Å². The van der Waals surface area contributed by atoms with Gasteiger partial charge in [-0.2, -0.15) is 0 Å². The van der Waals surface area contributed by atoms with Gasteiger partial charge in [0, 0.05) is 0 Å². The zero-order valence-electron chi connectivity index (χ0n) is 15.0. The minimum Gasteiger partial charge on any atom is -0.465 e. The smallest absolute Gasteiger partial charge is 0.322 e. The summed E-state index contributed by atoms with van der Waals surface area (Å²) in [6.45, 7) is 14.8. The molecule has 4 nitrogen and oxygen atoms in total. The van der Waals surface area contributed by atoms with Gasteiger partial charge in [-0.3, -0.25) is 9.59 Å². The molecular formula is C17H30O4Si. The Labute approximate surface area is 135 Å². The number of rotatable bonds is 5. The van der Waals surface area contributed by atoms with Gasteiger partial charge < -0.3 is 9.16 Å². The molecule has 0 aromatic heterocycles. The van der Waals surface area contributed by atoms with Gasteiger partial charge in [0.25, 0.3) is 0 Å². The molecular weight excluding hydrogens is 296 g/mol. The molecule has 0 spiro atoms. The molecule has 0 heterocycles. The van der Waals surface area contributed by atoms with Gasteiger partial charge in [-0.1, -0.05) is 26.3 Å². The average molecular weight is 327 g/mol. The van der Waals surface area contributed by atoms with E-state index in [9.17, 15) is 9.59 Å². The Balaban J connectivity index is 3.04. The van der Waals surface area contributed by atoms with E-state index in [-0.39, 0.29) is 24.0 Å². The van der Waals surface area contributed by atoms with Crippen LogP contribution in [-0.2, 0) is 18.8 Å². The van der Waals surface area contributed by atoms with Gasteiger partial charge in [0.1, 0.15) is 0 Å². The number of ether oxygens (including phenoxy) is 1. The Hall–Kier alpha value is -0.943. The number of hydrogen-bond donors (Lipinski definition) is 0. The van der Waals surface area contributed by atoms with Crippen molar-refractivity contribution < 1.29 is 18.8 Å². The van der Waals surface area contributed by atoms with E-state index in [0.717, 1.165) is 12.0 Å². The van der Waals surface area contributed by atoms with Crippen LogP contribution in [0.4, 0.5) is 0 Å². The molecule has 0 aromatic carbocycles. The normalized spacial score (nSPS) is 23.2.